The molecule has 0 saturated carbocycles. The number of anilines is 4. The largest absolute Gasteiger partial charge is 0.356 e. The Bertz CT molecular complexity index is 1030. The third-order valence-electron chi connectivity index (χ3n) is 5.00. The molecule has 0 radical (unpaired) electrons. The third-order valence-corrected chi connectivity index (χ3v) is 5.37. The van der Waals surface area contributed by atoms with E-state index in [4.69, 9.17) is 11.6 Å². The zero-order chi connectivity index (χ0) is 20.9. The second-order valence-corrected chi connectivity index (χ2v) is 7.78. The maximum absolute atomic E-state index is 12.3. The maximum atomic E-state index is 12.3. The van der Waals surface area contributed by atoms with E-state index < -0.39 is 0 Å². The summed E-state index contributed by atoms with van der Waals surface area (Å²) in [6.07, 6.45) is 2.64. The number of rotatable bonds is 6. The molecule has 4 rings (SSSR count). The second kappa shape index (κ2) is 9.13. The van der Waals surface area contributed by atoms with Crippen molar-refractivity contribution >= 4 is 40.5 Å². The van der Waals surface area contributed by atoms with Crippen LogP contribution < -0.4 is 15.5 Å². The van der Waals surface area contributed by atoms with Crippen LogP contribution in [0, 0.1) is 6.92 Å². The Balaban J connectivity index is 1.39. The highest BCUT2D eigenvalue weighted by molar-refractivity contribution is 6.31. The topological polar surface area (TPSA) is 70.2 Å². The van der Waals surface area contributed by atoms with E-state index in [2.05, 4.69) is 25.5 Å². The Morgan fingerprint density at radius 1 is 1.03 bits per heavy atom. The number of carbonyl (C=O) groups excluding carboxylic acids is 1. The van der Waals surface area contributed by atoms with Crippen LogP contribution in [0.4, 0.5) is 23.0 Å². The number of carbonyl (C=O) groups is 1. The van der Waals surface area contributed by atoms with Crippen LogP contribution >= 0.6 is 11.6 Å². The minimum Gasteiger partial charge on any atom is -0.356 e. The van der Waals surface area contributed by atoms with E-state index in [0.29, 0.717) is 5.02 Å². The van der Waals surface area contributed by atoms with Gasteiger partial charge in [0.2, 0.25) is 5.91 Å². The Kier molecular flexibility index (Phi) is 6.14. The molecule has 1 aromatic heterocycles. The summed E-state index contributed by atoms with van der Waals surface area (Å²) in [6, 6.07) is 16.9. The minimum absolute atomic E-state index is 0.106. The van der Waals surface area contributed by atoms with Gasteiger partial charge in [-0.15, -0.1) is 0 Å². The summed E-state index contributed by atoms with van der Waals surface area (Å²) in [7, 11) is 0. The molecule has 0 spiro atoms. The van der Waals surface area contributed by atoms with E-state index in [1.807, 2.05) is 55.5 Å². The molecular formula is C23H24ClN5O. The molecule has 1 aliphatic heterocycles. The lowest BCUT2D eigenvalue weighted by atomic mass is 10.1. The van der Waals surface area contributed by atoms with Crippen molar-refractivity contribution in [1.82, 2.24) is 9.97 Å². The van der Waals surface area contributed by atoms with E-state index in [1.54, 1.807) is 6.07 Å². The number of halogens is 1. The van der Waals surface area contributed by atoms with Crippen LogP contribution in [0.3, 0.4) is 0 Å². The van der Waals surface area contributed by atoms with Crippen molar-refractivity contribution in [3.63, 3.8) is 0 Å². The molecule has 154 valence electrons. The molecule has 0 atom stereocenters. The average Bonchev–Trinajstić information content (AvgIpc) is 3.26. The van der Waals surface area contributed by atoms with E-state index in [0.717, 1.165) is 47.5 Å². The standard InChI is InChI=1S/C23H24ClN5O/c1-16-25-21(15-22(26-16)29-12-4-5-13-29)27-18-8-10-19(11-9-18)28-23(30)14-17-6-2-3-7-20(17)24/h2-3,6-11,15H,4-5,12-14H2,1H3,(H,28,30)(H,25,26,27). The Labute approximate surface area is 181 Å². The number of aryl methyl sites for hydroxylation is 1. The van der Waals surface area contributed by atoms with Crippen molar-refractivity contribution in [2.24, 2.45) is 0 Å². The Hall–Kier alpha value is -3.12. The molecular weight excluding hydrogens is 398 g/mol. The molecule has 0 aliphatic carbocycles. The van der Waals surface area contributed by atoms with Gasteiger partial charge in [-0.05, 0) is 55.7 Å². The summed E-state index contributed by atoms with van der Waals surface area (Å²) in [5.41, 5.74) is 2.43. The van der Waals surface area contributed by atoms with E-state index in [9.17, 15) is 4.79 Å². The van der Waals surface area contributed by atoms with Crippen molar-refractivity contribution in [2.45, 2.75) is 26.2 Å². The van der Waals surface area contributed by atoms with Crippen LogP contribution in [0.2, 0.25) is 5.02 Å². The number of nitrogens with one attached hydrogen (secondary N) is 2. The lowest BCUT2D eigenvalue weighted by Crippen LogP contribution is -2.19. The maximum Gasteiger partial charge on any atom is 0.228 e. The second-order valence-electron chi connectivity index (χ2n) is 7.37. The molecule has 1 aliphatic rings. The monoisotopic (exact) mass is 421 g/mol. The number of aromatic nitrogens is 2. The average molecular weight is 422 g/mol. The highest BCUT2D eigenvalue weighted by atomic mass is 35.5. The number of amides is 1. The van der Waals surface area contributed by atoms with Gasteiger partial charge in [0.1, 0.15) is 17.5 Å². The van der Waals surface area contributed by atoms with Crippen LogP contribution in [0.5, 0.6) is 0 Å². The molecule has 1 saturated heterocycles. The van der Waals surface area contributed by atoms with Gasteiger partial charge in [-0.3, -0.25) is 4.79 Å². The first-order valence-corrected chi connectivity index (χ1v) is 10.5. The van der Waals surface area contributed by atoms with Gasteiger partial charge in [0, 0.05) is 35.6 Å². The zero-order valence-electron chi connectivity index (χ0n) is 16.9. The van der Waals surface area contributed by atoms with Crippen molar-refractivity contribution in [2.75, 3.05) is 28.6 Å². The van der Waals surface area contributed by atoms with Gasteiger partial charge in [-0.25, -0.2) is 9.97 Å². The first kappa shape index (κ1) is 20.2. The molecule has 7 heteroatoms. The van der Waals surface area contributed by atoms with Gasteiger partial charge in [-0.1, -0.05) is 29.8 Å². The molecule has 30 heavy (non-hydrogen) atoms. The minimum atomic E-state index is -0.106. The predicted octanol–water partition coefficient (Wildman–Crippen LogP) is 4.96. The van der Waals surface area contributed by atoms with Crippen LogP contribution in [0.25, 0.3) is 0 Å². The van der Waals surface area contributed by atoms with Crippen LogP contribution in [-0.2, 0) is 11.2 Å². The Morgan fingerprint density at radius 2 is 1.73 bits per heavy atom. The SMILES string of the molecule is Cc1nc(Nc2ccc(NC(=O)Cc3ccccc3Cl)cc2)cc(N2CCCC2)n1. The smallest absolute Gasteiger partial charge is 0.228 e. The first-order chi connectivity index (χ1) is 14.6. The summed E-state index contributed by atoms with van der Waals surface area (Å²) in [5, 5.41) is 6.83. The Morgan fingerprint density at radius 3 is 2.47 bits per heavy atom. The first-order valence-electron chi connectivity index (χ1n) is 10.1. The van der Waals surface area contributed by atoms with Crippen LogP contribution in [-0.4, -0.2) is 29.0 Å². The van der Waals surface area contributed by atoms with Gasteiger partial charge in [0.25, 0.3) is 0 Å². The van der Waals surface area contributed by atoms with Gasteiger partial charge in [0.05, 0.1) is 6.42 Å². The predicted molar refractivity (Wildman–Crippen MR) is 122 cm³/mol. The lowest BCUT2D eigenvalue weighted by Gasteiger charge is -2.18. The zero-order valence-corrected chi connectivity index (χ0v) is 17.6. The summed E-state index contributed by atoms with van der Waals surface area (Å²) >= 11 is 6.13. The number of hydrogen-bond acceptors (Lipinski definition) is 5. The fraction of sp³-hybridized carbons (Fsp3) is 0.261. The fourth-order valence-corrected chi connectivity index (χ4v) is 3.73. The number of hydrogen-bond donors (Lipinski definition) is 2. The van der Waals surface area contributed by atoms with E-state index in [1.165, 1.54) is 12.8 Å². The van der Waals surface area contributed by atoms with Crippen molar-refractivity contribution in [1.29, 1.82) is 0 Å². The van der Waals surface area contributed by atoms with Gasteiger partial charge in [0.15, 0.2) is 0 Å². The van der Waals surface area contributed by atoms with Gasteiger partial charge >= 0.3 is 0 Å². The molecule has 2 N–H and O–H groups in total. The van der Waals surface area contributed by atoms with Crippen molar-refractivity contribution in [3.05, 3.63) is 71.0 Å². The van der Waals surface area contributed by atoms with Crippen molar-refractivity contribution in [3.8, 4) is 0 Å². The van der Waals surface area contributed by atoms with Gasteiger partial charge in [-0.2, -0.15) is 0 Å². The molecule has 3 aromatic rings. The van der Waals surface area contributed by atoms with Gasteiger partial charge < -0.3 is 15.5 Å². The van der Waals surface area contributed by atoms with Crippen molar-refractivity contribution < 1.29 is 4.79 Å². The third kappa shape index (κ3) is 5.07. The van der Waals surface area contributed by atoms with E-state index in [-0.39, 0.29) is 12.3 Å². The molecule has 0 unspecified atom stereocenters. The molecule has 1 fully saturated rings. The lowest BCUT2D eigenvalue weighted by molar-refractivity contribution is -0.115. The van der Waals surface area contributed by atoms with Crippen LogP contribution in [0.1, 0.15) is 24.2 Å². The molecule has 1 amide bonds. The summed E-state index contributed by atoms with van der Waals surface area (Å²) in [4.78, 5) is 23.7. The highest BCUT2D eigenvalue weighted by Gasteiger charge is 2.15. The summed E-state index contributed by atoms with van der Waals surface area (Å²) < 4.78 is 0. The highest BCUT2D eigenvalue weighted by Crippen LogP contribution is 2.24. The van der Waals surface area contributed by atoms with Crippen LogP contribution in [0.15, 0.2) is 54.6 Å². The summed E-state index contributed by atoms with van der Waals surface area (Å²) in [6.45, 7) is 3.99. The molecule has 2 aromatic carbocycles. The number of benzene rings is 2. The normalized spacial score (nSPS) is 13.3. The molecule has 6 nitrogen and oxygen atoms in total. The molecule has 2 heterocycles. The fourth-order valence-electron chi connectivity index (χ4n) is 3.53. The quantitative estimate of drug-likeness (QED) is 0.588. The molecule has 0 bridgehead atoms. The summed E-state index contributed by atoms with van der Waals surface area (Å²) in [5.74, 6) is 2.36. The number of nitrogens with zero attached hydrogens (tertiary/aromatic N) is 3. The van der Waals surface area contributed by atoms with E-state index >= 15 is 0 Å².